The number of nitrogens with zero attached hydrogens (tertiary/aromatic N) is 4. The highest BCUT2D eigenvalue weighted by Crippen LogP contribution is 2.34. The summed E-state index contributed by atoms with van der Waals surface area (Å²) >= 11 is 0. The van der Waals surface area contributed by atoms with Gasteiger partial charge in [-0.3, -0.25) is 19.7 Å². The number of anilines is 1. The van der Waals surface area contributed by atoms with E-state index in [0.29, 0.717) is 62.2 Å². The van der Waals surface area contributed by atoms with Crippen LogP contribution in [0.1, 0.15) is 12.0 Å². The predicted octanol–water partition coefficient (Wildman–Crippen LogP) is 3.10. The second kappa shape index (κ2) is 9.61. The molecule has 0 spiro atoms. The van der Waals surface area contributed by atoms with E-state index in [4.69, 9.17) is 4.74 Å². The first-order valence-electron chi connectivity index (χ1n) is 11.7. The van der Waals surface area contributed by atoms with Crippen molar-refractivity contribution in [3.05, 3.63) is 93.0 Å². The molecule has 35 heavy (non-hydrogen) atoms. The second-order valence-electron chi connectivity index (χ2n) is 8.71. The highest BCUT2D eigenvalue weighted by molar-refractivity contribution is 5.97. The maximum absolute atomic E-state index is 13.5. The zero-order valence-corrected chi connectivity index (χ0v) is 19.2. The number of aryl methyl sites for hydroxylation is 2. The van der Waals surface area contributed by atoms with Crippen LogP contribution in [0.15, 0.2) is 71.7 Å². The van der Waals surface area contributed by atoms with Crippen LogP contribution in [-0.4, -0.2) is 52.6 Å². The Labute approximate surface area is 202 Å². The molecular weight excluding hydrogens is 448 g/mol. The molecule has 5 rings (SSSR count). The molecule has 9 heteroatoms. The minimum absolute atomic E-state index is 0.0784. The molecule has 0 saturated carbocycles. The van der Waals surface area contributed by atoms with E-state index in [1.807, 2.05) is 65.6 Å². The van der Waals surface area contributed by atoms with Gasteiger partial charge in [-0.05, 0) is 24.1 Å². The topological polar surface area (TPSA) is 97.9 Å². The van der Waals surface area contributed by atoms with Crippen LogP contribution in [0.5, 0.6) is 0 Å². The molecule has 3 aromatic rings. The number of carbonyl (C=O) groups is 1. The van der Waals surface area contributed by atoms with Crippen LogP contribution in [0.25, 0.3) is 10.9 Å². The Kier molecular flexibility index (Phi) is 6.22. The van der Waals surface area contributed by atoms with Gasteiger partial charge in [-0.2, -0.15) is 0 Å². The molecule has 2 aliphatic heterocycles. The van der Waals surface area contributed by atoms with E-state index >= 15 is 0 Å². The predicted molar refractivity (Wildman–Crippen MR) is 132 cm³/mol. The van der Waals surface area contributed by atoms with E-state index in [1.54, 1.807) is 11.2 Å². The number of hydrogen-bond donors (Lipinski definition) is 0. The Bertz CT molecular complexity index is 1340. The fraction of sp³-hybridized carbons (Fsp3) is 0.308. The van der Waals surface area contributed by atoms with Crippen LogP contribution >= 0.6 is 0 Å². The summed E-state index contributed by atoms with van der Waals surface area (Å²) in [6.45, 7) is 1.93. The Morgan fingerprint density at radius 2 is 1.74 bits per heavy atom. The molecule has 0 radical (unpaired) electrons. The smallest absolute Gasteiger partial charge is 0.357 e. The van der Waals surface area contributed by atoms with E-state index in [-0.39, 0.29) is 5.91 Å². The number of ether oxygens (including phenoxy) is 1. The fourth-order valence-corrected chi connectivity index (χ4v) is 4.87. The standard InChI is InChI=1S/C26H26N4O5/c31-25(22-11-6-18-35-22)28-16-14-27(15-17-28)23-20-9-4-5-10-21(20)29(26(32)24(23)30(33)34)13-12-19-7-2-1-3-8-19/h1-10,18,22H,11-17H2. The molecule has 0 N–H and O–H groups in total. The van der Waals surface area contributed by atoms with Crippen LogP contribution < -0.4 is 10.5 Å². The van der Waals surface area contributed by atoms with Gasteiger partial charge >= 0.3 is 11.2 Å². The molecule has 180 valence electrons. The molecule has 9 nitrogen and oxygen atoms in total. The minimum atomic E-state index is -0.608. The lowest BCUT2D eigenvalue weighted by Crippen LogP contribution is -2.51. The molecule has 2 aromatic carbocycles. The molecule has 0 aliphatic carbocycles. The van der Waals surface area contributed by atoms with Crippen LogP contribution in [0, 0.1) is 10.1 Å². The molecular formula is C26H26N4O5. The third kappa shape index (κ3) is 4.37. The van der Waals surface area contributed by atoms with Gasteiger partial charge in [0.05, 0.1) is 16.7 Å². The SMILES string of the molecule is O=C(C1CC=CO1)N1CCN(c2c([N+](=O)[O-])c(=O)n(CCc3ccccc3)c3ccccc23)CC1. The van der Waals surface area contributed by atoms with Gasteiger partial charge in [0.25, 0.3) is 5.91 Å². The van der Waals surface area contributed by atoms with Gasteiger partial charge in [0, 0.05) is 44.5 Å². The number of carbonyl (C=O) groups excluding carboxylic acids is 1. The minimum Gasteiger partial charge on any atom is -0.488 e. The molecule has 1 saturated heterocycles. The summed E-state index contributed by atoms with van der Waals surface area (Å²) in [5.41, 5.74) is 1.02. The number of piperazine rings is 1. The monoisotopic (exact) mass is 474 g/mol. The lowest BCUT2D eigenvalue weighted by Gasteiger charge is -2.37. The van der Waals surface area contributed by atoms with Crippen molar-refractivity contribution in [2.75, 3.05) is 31.1 Å². The normalized spacial score (nSPS) is 17.5. The lowest BCUT2D eigenvalue weighted by molar-refractivity contribution is -0.385. The summed E-state index contributed by atoms with van der Waals surface area (Å²) in [4.78, 5) is 41.4. The number of para-hydroxylation sites is 1. The summed E-state index contributed by atoms with van der Waals surface area (Å²) in [7, 11) is 0. The molecule has 2 aliphatic rings. The molecule has 1 fully saturated rings. The molecule has 1 atom stereocenters. The number of pyridine rings is 1. The summed E-state index contributed by atoms with van der Waals surface area (Å²) in [6, 6.07) is 17.1. The van der Waals surface area contributed by atoms with Crippen LogP contribution in [0.2, 0.25) is 0 Å². The highest BCUT2D eigenvalue weighted by atomic mass is 16.6. The van der Waals surface area contributed by atoms with E-state index in [9.17, 15) is 19.7 Å². The van der Waals surface area contributed by atoms with Crippen molar-refractivity contribution < 1.29 is 14.5 Å². The van der Waals surface area contributed by atoms with Crippen molar-refractivity contribution >= 4 is 28.2 Å². The second-order valence-corrected chi connectivity index (χ2v) is 8.71. The zero-order chi connectivity index (χ0) is 24.4. The summed E-state index contributed by atoms with van der Waals surface area (Å²) in [5, 5.41) is 12.8. The van der Waals surface area contributed by atoms with Gasteiger partial charge < -0.3 is 19.1 Å². The highest BCUT2D eigenvalue weighted by Gasteiger charge is 2.34. The quantitative estimate of drug-likeness (QED) is 0.402. The molecule has 1 aromatic heterocycles. The average molecular weight is 475 g/mol. The van der Waals surface area contributed by atoms with Crippen molar-refractivity contribution in [3.8, 4) is 0 Å². The third-order valence-corrected chi connectivity index (χ3v) is 6.64. The number of fused-ring (bicyclic) bond motifs is 1. The number of hydrogen-bond acceptors (Lipinski definition) is 6. The Hall–Kier alpha value is -4.14. The number of benzene rings is 2. The molecule has 1 unspecified atom stereocenters. The maximum atomic E-state index is 13.5. The van der Waals surface area contributed by atoms with Crippen LogP contribution in [0.3, 0.4) is 0 Å². The first kappa shape index (κ1) is 22.6. The van der Waals surface area contributed by atoms with Crippen molar-refractivity contribution in [2.24, 2.45) is 0 Å². The summed E-state index contributed by atoms with van der Waals surface area (Å²) < 4.78 is 6.86. The third-order valence-electron chi connectivity index (χ3n) is 6.64. The zero-order valence-electron chi connectivity index (χ0n) is 19.2. The molecule has 0 bridgehead atoms. The number of rotatable bonds is 6. The van der Waals surface area contributed by atoms with E-state index in [0.717, 1.165) is 5.56 Å². The lowest BCUT2D eigenvalue weighted by atomic mass is 10.1. The van der Waals surface area contributed by atoms with Crippen molar-refractivity contribution in [1.82, 2.24) is 9.47 Å². The van der Waals surface area contributed by atoms with Crippen molar-refractivity contribution in [3.63, 3.8) is 0 Å². The largest absolute Gasteiger partial charge is 0.488 e. The average Bonchev–Trinajstić information content (AvgIpc) is 3.43. The van der Waals surface area contributed by atoms with E-state index < -0.39 is 22.3 Å². The number of amides is 1. The summed E-state index contributed by atoms with van der Waals surface area (Å²) in [6.07, 6.45) is 4.00. The maximum Gasteiger partial charge on any atom is 0.357 e. The van der Waals surface area contributed by atoms with Gasteiger partial charge in [0.2, 0.25) is 0 Å². The van der Waals surface area contributed by atoms with E-state index in [2.05, 4.69) is 0 Å². The van der Waals surface area contributed by atoms with Gasteiger partial charge in [-0.1, -0.05) is 48.5 Å². The van der Waals surface area contributed by atoms with Gasteiger partial charge in [-0.25, -0.2) is 0 Å². The number of aromatic nitrogens is 1. The van der Waals surface area contributed by atoms with Gasteiger partial charge in [-0.15, -0.1) is 0 Å². The first-order chi connectivity index (χ1) is 17.0. The summed E-state index contributed by atoms with van der Waals surface area (Å²) in [5.74, 6) is -0.0784. The van der Waals surface area contributed by atoms with Crippen LogP contribution in [-0.2, 0) is 22.5 Å². The van der Waals surface area contributed by atoms with Crippen LogP contribution in [0.4, 0.5) is 11.4 Å². The Morgan fingerprint density at radius 1 is 1.03 bits per heavy atom. The van der Waals surface area contributed by atoms with Crippen molar-refractivity contribution in [2.45, 2.75) is 25.5 Å². The van der Waals surface area contributed by atoms with Gasteiger partial charge in [0.15, 0.2) is 6.10 Å². The van der Waals surface area contributed by atoms with Gasteiger partial charge in [0.1, 0.15) is 5.69 Å². The van der Waals surface area contributed by atoms with Crippen molar-refractivity contribution in [1.29, 1.82) is 0 Å². The number of nitro groups is 1. The molecule has 1 amide bonds. The van der Waals surface area contributed by atoms with E-state index in [1.165, 1.54) is 4.57 Å². The Balaban J connectivity index is 1.48. The Morgan fingerprint density at radius 3 is 2.43 bits per heavy atom. The fourth-order valence-electron chi connectivity index (χ4n) is 4.87. The molecule has 3 heterocycles. The first-order valence-corrected chi connectivity index (χ1v) is 11.7.